The Bertz CT molecular complexity index is 141. The summed E-state index contributed by atoms with van der Waals surface area (Å²) < 4.78 is 16.4. The second-order valence-electron chi connectivity index (χ2n) is 4.89. The summed E-state index contributed by atoms with van der Waals surface area (Å²) >= 11 is 0. The second kappa shape index (κ2) is 10.1. The Morgan fingerprint density at radius 2 is 1.25 bits per heavy atom. The van der Waals surface area contributed by atoms with E-state index in [0.717, 1.165) is 52.3 Å². The number of ether oxygens (including phenoxy) is 3. The minimum Gasteiger partial charge on any atom is -0.381 e. The molecule has 0 saturated carbocycles. The normalized spacial score (nSPS) is 12.0. The molecule has 0 aliphatic carbocycles. The predicted molar refractivity (Wildman–Crippen MR) is 66.9 cm³/mol. The lowest BCUT2D eigenvalue weighted by atomic mass is 10.2. The van der Waals surface area contributed by atoms with Crippen LogP contribution in [0.5, 0.6) is 0 Å². The molecule has 0 aliphatic rings. The molecule has 16 heavy (non-hydrogen) atoms. The van der Waals surface area contributed by atoms with Crippen molar-refractivity contribution in [3.05, 3.63) is 0 Å². The summed E-state index contributed by atoms with van der Waals surface area (Å²) in [5.74, 6) is 0. The fourth-order valence-corrected chi connectivity index (χ4v) is 1.15. The highest BCUT2D eigenvalue weighted by Gasteiger charge is 2.08. The number of hydrogen-bond acceptors (Lipinski definition) is 3. The molecule has 0 bridgehead atoms. The van der Waals surface area contributed by atoms with E-state index >= 15 is 0 Å². The lowest BCUT2D eigenvalue weighted by Crippen LogP contribution is -2.20. The molecule has 3 heteroatoms. The van der Waals surface area contributed by atoms with Crippen molar-refractivity contribution >= 4 is 0 Å². The van der Waals surface area contributed by atoms with Gasteiger partial charge in [-0.1, -0.05) is 6.92 Å². The van der Waals surface area contributed by atoms with Crippen LogP contribution < -0.4 is 0 Å². The molecular weight excluding hydrogens is 204 g/mol. The zero-order valence-electron chi connectivity index (χ0n) is 11.4. The van der Waals surface area contributed by atoms with Gasteiger partial charge in [-0.2, -0.15) is 0 Å². The zero-order valence-corrected chi connectivity index (χ0v) is 11.4. The summed E-state index contributed by atoms with van der Waals surface area (Å²) in [6.45, 7) is 12.3. The molecule has 98 valence electrons. The van der Waals surface area contributed by atoms with Crippen LogP contribution in [0.3, 0.4) is 0 Å². The maximum Gasteiger partial charge on any atom is 0.0598 e. The first kappa shape index (κ1) is 15.9. The van der Waals surface area contributed by atoms with E-state index in [4.69, 9.17) is 14.2 Å². The first-order valence-corrected chi connectivity index (χ1v) is 6.35. The first-order valence-electron chi connectivity index (χ1n) is 6.35. The average Bonchev–Trinajstić information content (AvgIpc) is 2.19. The smallest absolute Gasteiger partial charge is 0.0598 e. The summed E-state index contributed by atoms with van der Waals surface area (Å²) in [4.78, 5) is 0. The first-order chi connectivity index (χ1) is 7.56. The maximum absolute atomic E-state index is 5.58. The van der Waals surface area contributed by atoms with E-state index in [1.165, 1.54) is 0 Å². The molecule has 0 unspecified atom stereocenters. The predicted octanol–water partition coefficient (Wildman–Crippen LogP) is 3.02. The molecule has 0 aromatic rings. The number of rotatable bonds is 10. The molecule has 0 amide bonds. The standard InChI is InChI=1S/C13H28O3/c1-5-8-14-9-6-10-15-11-7-12-16-13(2,3)4/h5-12H2,1-4H3. The SMILES string of the molecule is CCCOCCCOCCCOC(C)(C)C. The van der Waals surface area contributed by atoms with E-state index in [1.54, 1.807) is 0 Å². The molecule has 0 saturated heterocycles. The molecule has 0 fully saturated rings. The van der Waals surface area contributed by atoms with Crippen LogP contribution in [-0.4, -0.2) is 38.6 Å². The van der Waals surface area contributed by atoms with Gasteiger partial charge in [-0.25, -0.2) is 0 Å². The summed E-state index contributed by atoms with van der Waals surface area (Å²) in [6, 6.07) is 0. The van der Waals surface area contributed by atoms with Gasteiger partial charge < -0.3 is 14.2 Å². The van der Waals surface area contributed by atoms with Gasteiger partial charge in [0.1, 0.15) is 0 Å². The van der Waals surface area contributed by atoms with Crippen molar-refractivity contribution in [2.75, 3.05) is 33.0 Å². The summed E-state index contributed by atoms with van der Waals surface area (Å²) in [6.07, 6.45) is 3.04. The Balaban J connectivity index is 2.99. The van der Waals surface area contributed by atoms with Crippen LogP contribution in [0.2, 0.25) is 0 Å². The Kier molecular flexibility index (Phi) is 9.99. The summed E-state index contributed by atoms with van der Waals surface area (Å²) in [5, 5.41) is 0. The lowest BCUT2D eigenvalue weighted by Gasteiger charge is -2.19. The molecule has 0 radical (unpaired) electrons. The maximum atomic E-state index is 5.58. The van der Waals surface area contributed by atoms with Gasteiger partial charge >= 0.3 is 0 Å². The van der Waals surface area contributed by atoms with Gasteiger partial charge in [0, 0.05) is 33.0 Å². The monoisotopic (exact) mass is 232 g/mol. The van der Waals surface area contributed by atoms with Crippen LogP contribution >= 0.6 is 0 Å². The second-order valence-corrected chi connectivity index (χ2v) is 4.89. The Morgan fingerprint density at radius 1 is 0.750 bits per heavy atom. The molecule has 0 atom stereocenters. The van der Waals surface area contributed by atoms with Gasteiger partial charge in [0.2, 0.25) is 0 Å². The molecular formula is C13H28O3. The molecule has 0 rings (SSSR count). The van der Waals surface area contributed by atoms with Crippen molar-refractivity contribution in [3.8, 4) is 0 Å². The van der Waals surface area contributed by atoms with E-state index in [1.807, 2.05) is 0 Å². The highest BCUT2D eigenvalue weighted by molar-refractivity contribution is 4.58. The lowest BCUT2D eigenvalue weighted by molar-refractivity contribution is -0.0149. The van der Waals surface area contributed by atoms with Crippen molar-refractivity contribution in [1.82, 2.24) is 0 Å². The fraction of sp³-hybridized carbons (Fsp3) is 1.00. The molecule has 0 spiro atoms. The molecule has 3 nitrogen and oxygen atoms in total. The van der Waals surface area contributed by atoms with Crippen LogP contribution in [0.4, 0.5) is 0 Å². The minimum atomic E-state index is -0.0337. The largest absolute Gasteiger partial charge is 0.381 e. The van der Waals surface area contributed by atoms with Crippen LogP contribution in [-0.2, 0) is 14.2 Å². The summed E-state index contributed by atoms with van der Waals surface area (Å²) in [7, 11) is 0. The highest BCUT2D eigenvalue weighted by atomic mass is 16.5. The van der Waals surface area contributed by atoms with Gasteiger partial charge in [-0.15, -0.1) is 0 Å². The molecule has 0 aromatic carbocycles. The Hall–Kier alpha value is -0.120. The third-order valence-electron chi connectivity index (χ3n) is 1.89. The number of hydrogen-bond donors (Lipinski definition) is 0. The highest BCUT2D eigenvalue weighted by Crippen LogP contribution is 2.06. The van der Waals surface area contributed by atoms with Gasteiger partial charge in [0.15, 0.2) is 0 Å². The molecule has 0 heterocycles. The quantitative estimate of drug-likeness (QED) is 0.542. The molecule has 0 aliphatic heterocycles. The topological polar surface area (TPSA) is 27.7 Å². The third-order valence-corrected chi connectivity index (χ3v) is 1.89. The van der Waals surface area contributed by atoms with E-state index in [-0.39, 0.29) is 5.60 Å². The summed E-state index contributed by atoms with van der Waals surface area (Å²) in [5.41, 5.74) is -0.0337. The Labute approximate surface area is 100 Å². The third kappa shape index (κ3) is 13.9. The van der Waals surface area contributed by atoms with Gasteiger partial charge in [-0.3, -0.25) is 0 Å². The van der Waals surface area contributed by atoms with Crippen LogP contribution in [0, 0.1) is 0 Å². The van der Waals surface area contributed by atoms with E-state index in [2.05, 4.69) is 27.7 Å². The van der Waals surface area contributed by atoms with Crippen molar-refractivity contribution < 1.29 is 14.2 Å². The van der Waals surface area contributed by atoms with E-state index < -0.39 is 0 Å². The zero-order chi connectivity index (χ0) is 12.3. The van der Waals surface area contributed by atoms with E-state index in [0.29, 0.717) is 0 Å². The Morgan fingerprint density at radius 3 is 1.75 bits per heavy atom. The van der Waals surface area contributed by atoms with Crippen LogP contribution in [0.15, 0.2) is 0 Å². The van der Waals surface area contributed by atoms with Gasteiger partial charge in [0.25, 0.3) is 0 Å². The van der Waals surface area contributed by atoms with Crippen molar-refractivity contribution in [1.29, 1.82) is 0 Å². The van der Waals surface area contributed by atoms with Crippen LogP contribution in [0.25, 0.3) is 0 Å². The molecule has 0 aromatic heterocycles. The van der Waals surface area contributed by atoms with Gasteiger partial charge in [0.05, 0.1) is 5.60 Å². The van der Waals surface area contributed by atoms with Gasteiger partial charge in [-0.05, 0) is 40.0 Å². The van der Waals surface area contributed by atoms with Crippen molar-refractivity contribution in [2.45, 2.75) is 52.6 Å². The molecule has 0 N–H and O–H groups in total. The minimum absolute atomic E-state index is 0.0337. The average molecular weight is 232 g/mol. The van der Waals surface area contributed by atoms with Crippen molar-refractivity contribution in [3.63, 3.8) is 0 Å². The van der Waals surface area contributed by atoms with Crippen molar-refractivity contribution in [2.24, 2.45) is 0 Å². The fourth-order valence-electron chi connectivity index (χ4n) is 1.15. The van der Waals surface area contributed by atoms with E-state index in [9.17, 15) is 0 Å². The van der Waals surface area contributed by atoms with Crippen LogP contribution in [0.1, 0.15) is 47.0 Å².